The molecule has 1 heterocycles. The van der Waals surface area contributed by atoms with Gasteiger partial charge in [0.1, 0.15) is 5.75 Å². The zero-order valence-corrected chi connectivity index (χ0v) is 17.4. The molecule has 0 aromatic heterocycles. The molecule has 2 aromatic carbocycles. The number of nitrogens with zero attached hydrogens (tertiary/aromatic N) is 2. The van der Waals surface area contributed by atoms with Crippen LogP contribution in [0.25, 0.3) is 0 Å². The summed E-state index contributed by atoms with van der Waals surface area (Å²) in [7, 11) is 0. The molecule has 0 aliphatic carbocycles. The van der Waals surface area contributed by atoms with E-state index in [1.807, 2.05) is 6.07 Å². The van der Waals surface area contributed by atoms with E-state index in [-0.39, 0.29) is 11.3 Å². The minimum Gasteiger partial charge on any atom is -0.508 e. The summed E-state index contributed by atoms with van der Waals surface area (Å²) in [6.07, 6.45) is 2.62. The lowest BCUT2D eigenvalue weighted by Crippen LogP contribution is -2.48. The Labute approximate surface area is 171 Å². The van der Waals surface area contributed by atoms with Crippen molar-refractivity contribution in [2.75, 3.05) is 11.4 Å². The van der Waals surface area contributed by atoms with Gasteiger partial charge in [0.25, 0.3) is 5.91 Å². The Morgan fingerprint density at radius 2 is 2.14 bits per heavy atom. The highest BCUT2D eigenvalue weighted by Crippen LogP contribution is 2.44. The topological polar surface area (TPSA) is 64.9 Å². The molecule has 1 atom stereocenters. The monoisotopic (exact) mass is 399 g/mol. The number of phenolic OH excluding ortho intramolecular Hbond substituents is 1. The number of hydrogen-bond acceptors (Lipinski definition) is 4. The number of aromatic hydroxyl groups is 1. The van der Waals surface area contributed by atoms with E-state index in [9.17, 15) is 9.90 Å². The Morgan fingerprint density at radius 1 is 1.39 bits per heavy atom. The predicted octanol–water partition coefficient (Wildman–Crippen LogP) is 4.92. The molecular weight excluding hydrogens is 374 g/mol. The third-order valence-electron chi connectivity index (χ3n) is 5.30. The molecule has 0 radical (unpaired) electrons. The Hall–Kier alpha value is -2.53. The van der Waals surface area contributed by atoms with Crippen LogP contribution >= 0.6 is 11.6 Å². The third kappa shape index (κ3) is 3.99. The van der Waals surface area contributed by atoms with E-state index in [2.05, 4.69) is 49.2 Å². The fourth-order valence-corrected chi connectivity index (χ4v) is 4.30. The van der Waals surface area contributed by atoms with Crippen molar-refractivity contribution in [3.05, 3.63) is 58.1 Å². The van der Waals surface area contributed by atoms with Gasteiger partial charge in [-0.2, -0.15) is 5.10 Å². The van der Waals surface area contributed by atoms with E-state index in [1.54, 1.807) is 18.3 Å². The van der Waals surface area contributed by atoms with Gasteiger partial charge in [-0.25, -0.2) is 5.43 Å². The number of fused-ring (bicyclic) bond motifs is 1. The van der Waals surface area contributed by atoms with Gasteiger partial charge in [-0.3, -0.25) is 4.79 Å². The maximum atomic E-state index is 12.1. The molecule has 1 aliphatic rings. The number of nitrogens with one attached hydrogen (secondary N) is 1. The van der Waals surface area contributed by atoms with Crippen LogP contribution in [-0.4, -0.2) is 29.3 Å². The van der Waals surface area contributed by atoms with Gasteiger partial charge in [-0.05, 0) is 69.0 Å². The summed E-state index contributed by atoms with van der Waals surface area (Å²) in [4.78, 5) is 14.5. The molecule has 28 heavy (non-hydrogen) atoms. The van der Waals surface area contributed by atoms with Crippen LogP contribution in [0.4, 0.5) is 5.69 Å². The van der Waals surface area contributed by atoms with Gasteiger partial charge in [0.2, 0.25) is 0 Å². The van der Waals surface area contributed by atoms with Gasteiger partial charge in [-0.15, -0.1) is 0 Å². The predicted molar refractivity (Wildman–Crippen MR) is 115 cm³/mol. The van der Waals surface area contributed by atoms with Gasteiger partial charge in [-0.1, -0.05) is 24.6 Å². The molecule has 0 bridgehead atoms. The SMILES string of the molecule is CCN1c2cc(Cl)c(/C=N/NC(=O)c3cccc(O)c3)cc2C(C)CC1(C)C. The van der Waals surface area contributed by atoms with Crippen molar-refractivity contribution in [3.8, 4) is 5.75 Å². The lowest BCUT2D eigenvalue weighted by Gasteiger charge is -2.47. The molecule has 1 amide bonds. The van der Waals surface area contributed by atoms with E-state index in [1.165, 1.54) is 17.7 Å². The first-order valence-electron chi connectivity index (χ1n) is 9.46. The van der Waals surface area contributed by atoms with Crippen molar-refractivity contribution in [2.24, 2.45) is 5.10 Å². The summed E-state index contributed by atoms with van der Waals surface area (Å²) >= 11 is 6.51. The average molecular weight is 400 g/mol. The molecule has 1 aliphatic heterocycles. The summed E-state index contributed by atoms with van der Waals surface area (Å²) in [6.45, 7) is 9.82. The minimum atomic E-state index is -0.395. The van der Waals surface area contributed by atoms with Gasteiger partial charge >= 0.3 is 0 Å². The van der Waals surface area contributed by atoms with Crippen molar-refractivity contribution in [1.82, 2.24) is 5.43 Å². The van der Waals surface area contributed by atoms with E-state index in [0.717, 1.165) is 24.2 Å². The molecule has 148 valence electrons. The van der Waals surface area contributed by atoms with Crippen LogP contribution in [0, 0.1) is 0 Å². The van der Waals surface area contributed by atoms with E-state index < -0.39 is 5.91 Å². The molecule has 0 fully saturated rings. The number of amides is 1. The lowest BCUT2D eigenvalue weighted by atomic mass is 9.79. The highest BCUT2D eigenvalue weighted by molar-refractivity contribution is 6.33. The molecule has 5 nitrogen and oxygen atoms in total. The molecule has 1 unspecified atom stereocenters. The first-order chi connectivity index (χ1) is 13.2. The van der Waals surface area contributed by atoms with Crippen molar-refractivity contribution < 1.29 is 9.90 Å². The summed E-state index contributed by atoms with van der Waals surface area (Å²) in [5.74, 6) is 0.0411. The second-order valence-electron chi connectivity index (χ2n) is 7.84. The highest BCUT2D eigenvalue weighted by Gasteiger charge is 2.35. The number of benzene rings is 2. The van der Waals surface area contributed by atoms with E-state index >= 15 is 0 Å². The van der Waals surface area contributed by atoms with Crippen molar-refractivity contribution in [1.29, 1.82) is 0 Å². The highest BCUT2D eigenvalue weighted by atomic mass is 35.5. The zero-order valence-electron chi connectivity index (χ0n) is 16.7. The van der Waals surface area contributed by atoms with Crippen molar-refractivity contribution >= 4 is 29.4 Å². The van der Waals surface area contributed by atoms with E-state index in [4.69, 9.17) is 11.6 Å². The number of hydrogen-bond donors (Lipinski definition) is 2. The number of phenols is 1. The summed E-state index contributed by atoms with van der Waals surface area (Å²) in [5.41, 5.74) is 6.06. The standard InChI is InChI=1S/C22H26ClN3O2/c1-5-26-20-11-19(23)16(10-18(20)14(2)12-22(26,3)4)13-24-25-21(28)15-7-6-8-17(27)9-15/h6-11,13-14,27H,5,12H2,1-4H3,(H,25,28)/b24-13+. The van der Waals surface area contributed by atoms with Gasteiger partial charge < -0.3 is 10.0 Å². The summed E-state index contributed by atoms with van der Waals surface area (Å²) < 4.78 is 0. The molecule has 0 saturated heterocycles. The number of halogens is 1. The Balaban J connectivity index is 1.83. The van der Waals surface area contributed by atoms with Crippen LogP contribution in [0.1, 0.15) is 61.5 Å². The Bertz CT molecular complexity index is 924. The summed E-state index contributed by atoms with van der Waals surface area (Å²) in [5, 5.41) is 14.1. The molecule has 3 rings (SSSR count). The molecular formula is C22H26ClN3O2. The fourth-order valence-electron chi connectivity index (χ4n) is 4.09. The summed E-state index contributed by atoms with van der Waals surface area (Å²) in [6, 6.07) is 10.2. The quantitative estimate of drug-likeness (QED) is 0.566. The molecule has 6 heteroatoms. The average Bonchev–Trinajstić information content (AvgIpc) is 2.62. The van der Waals surface area contributed by atoms with Crippen LogP contribution in [-0.2, 0) is 0 Å². The lowest BCUT2D eigenvalue weighted by molar-refractivity contribution is 0.0954. The third-order valence-corrected chi connectivity index (χ3v) is 5.63. The van der Waals surface area contributed by atoms with Crippen LogP contribution in [0.5, 0.6) is 5.75 Å². The Kier molecular flexibility index (Phi) is 5.66. The van der Waals surface area contributed by atoms with Crippen LogP contribution in [0.2, 0.25) is 5.02 Å². The smallest absolute Gasteiger partial charge is 0.271 e. The largest absolute Gasteiger partial charge is 0.508 e. The number of hydrazone groups is 1. The number of carbonyl (C=O) groups excluding carboxylic acids is 1. The first-order valence-corrected chi connectivity index (χ1v) is 9.84. The Morgan fingerprint density at radius 3 is 2.82 bits per heavy atom. The number of carbonyl (C=O) groups is 1. The maximum Gasteiger partial charge on any atom is 0.271 e. The second kappa shape index (κ2) is 7.84. The van der Waals surface area contributed by atoms with Gasteiger partial charge in [0.05, 0.1) is 11.2 Å². The first kappa shape index (κ1) is 20.2. The van der Waals surface area contributed by atoms with Gasteiger partial charge in [0.15, 0.2) is 0 Å². The van der Waals surface area contributed by atoms with Crippen molar-refractivity contribution in [3.63, 3.8) is 0 Å². The number of anilines is 1. The van der Waals surface area contributed by atoms with Gasteiger partial charge in [0, 0.05) is 28.9 Å². The second-order valence-corrected chi connectivity index (χ2v) is 8.25. The molecule has 2 aromatic rings. The van der Waals surface area contributed by atoms with Crippen molar-refractivity contribution in [2.45, 2.75) is 45.6 Å². The molecule has 0 saturated carbocycles. The van der Waals surface area contributed by atoms with E-state index in [0.29, 0.717) is 16.5 Å². The van der Waals surface area contributed by atoms with Crippen LogP contribution in [0.15, 0.2) is 41.5 Å². The zero-order chi connectivity index (χ0) is 20.5. The normalized spacial score (nSPS) is 18.2. The fraction of sp³-hybridized carbons (Fsp3) is 0.364. The maximum absolute atomic E-state index is 12.1. The molecule has 0 spiro atoms. The van der Waals surface area contributed by atoms with Crippen LogP contribution in [0.3, 0.4) is 0 Å². The van der Waals surface area contributed by atoms with Crippen LogP contribution < -0.4 is 10.3 Å². The number of rotatable bonds is 4. The minimum absolute atomic E-state index is 0.0340. The molecule has 2 N–H and O–H groups in total.